The Morgan fingerprint density at radius 3 is 2.32 bits per heavy atom. The second kappa shape index (κ2) is 9.62. The minimum absolute atomic E-state index is 0.131. The first-order chi connectivity index (χ1) is 10.4. The molecule has 0 saturated carbocycles. The van der Waals surface area contributed by atoms with E-state index in [9.17, 15) is 4.79 Å². The summed E-state index contributed by atoms with van der Waals surface area (Å²) in [5.41, 5.74) is 2.72. The molecule has 22 heavy (non-hydrogen) atoms. The average molecular weight is 304 g/mol. The first-order valence-corrected chi connectivity index (χ1v) is 8.42. The molecule has 1 aromatic carbocycles. The summed E-state index contributed by atoms with van der Waals surface area (Å²) in [6.07, 6.45) is 2.73. The molecule has 1 rings (SSSR count). The fraction of sp³-hybridized carbons (Fsp3) is 0.632. The topological polar surface area (TPSA) is 32.3 Å². The molecule has 0 aliphatic carbocycles. The lowest BCUT2D eigenvalue weighted by Crippen LogP contribution is -2.29. The molecular weight excluding hydrogens is 272 g/mol. The minimum atomic E-state index is 0.131. The van der Waals surface area contributed by atoms with Crippen molar-refractivity contribution in [3.05, 3.63) is 35.4 Å². The Bertz CT molecular complexity index is 437. The van der Waals surface area contributed by atoms with Crippen molar-refractivity contribution in [2.45, 2.75) is 46.0 Å². The summed E-state index contributed by atoms with van der Waals surface area (Å²) >= 11 is 0. The lowest BCUT2D eigenvalue weighted by atomic mass is 9.93. The van der Waals surface area contributed by atoms with Crippen LogP contribution in [0.3, 0.4) is 0 Å². The van der Waals surface area contributed by atoms with Crippen molar-refractivity contribution < 1.29 is 4.79 Å². The molecule has 0 spiro atoms. The molecule has 1 N–H and O–H groups in total. The molecular formula is C19H32N2O. The van der Waals surface area contributed by atoms with Crippen LogP contribution in [0, 0.1) is 5.92 Å². The van der Waals surface area contributed by atoms with Crippen LogP contribution in [0.25, 0.3) is 0 Å². The van der Waals surface area contributed by atoms with Crippen molar-refractivity contribution >= 4 is 5.91 Å². The summed E-state index contributed by atoms with van der Waals surface area (Å²) in [7, 11) is 4.18. The maximum Gasteiger partial charge on any atom is 0.219 e. The number of carbonyl (C=O) groups is 1. The van der Waals surface area contributed by atoms with Gasteiger partial charge in [-0.05, 0) is 50.5 Å². The molecule has 1 atom stereocenters. The zero-order chi connectivity index (χ0) is 16.5. The molecule has 1 aromatic rings. The minimum Gasteiger partial charge on any atom is -0.356 e. The molecule has 0 aliphatic heterocycles. The van der Waals surface area contributed by atoms with Gasteiger partial charge in [0.2, 0.25) is 5.91 Å². The number of amides is 1. The normalized spacial score (nSPS) is 12.7. The zero-order valence-electron chi connectivity index (χ0n) is 14.9. The van der Waals surface area contributed by atoms with Gasteiger partial charge in [0.15, 0.2) is 0 Å². The summed E-state index contributed by atoms with van der Waals surface area (Å²) in [6.45, 7) is 8.14. The van der Waals surface area contributed by atoms with Gasteiger partial charge in [-0.2, -0.15) is 0 Å². The van der Waals surface area contributed by atoms with E-state index >= 15 is 0 Å². The Morgan fingerprint density at radius 2 is 1.82 bits per heavy atom. The van der Waals surface area contributed by atoms with Crippen LogP contribution in [-0.4, -0.2) is 38.0 Å². The third kappa shape index (κ3) is 7.08. The second-order valence-corrected chi connectivity index (χ2v) is 6.79. The third-order valence-corrected chi connectivity index (χ3v) is 3.89. The predicted octanol–water partition coefficient (Wildman–Crippen LogP) is 3.45. The zero-order valence-corrected chi connectivity index (χ0v) is 14.9. The van der Waals surface area contributed by atoms with E-state index in [1.54, 1.807) is 0 Å². The SMILES string of the molecule is CCC(=O)NC[C@H](CCN(C)C)c1ccc(CC(C)C)cc1. The van der Waals surface area contributed by atoms with E-state index < -0.39 is 0 Å². The highest BCUT2D eigenvalue weighted by atomic mass is 16.1. The molecule has 0 bridgehead atoms. The lowest BCUT2D eigenvalue weighted by Gasteiger charge is -2.21. The number of hydrogen-bond donors (Lipinski definition) is 1. The van der Waals surface area contributed by atoms with E-state index in [1.807, 2.05) is 6.92 Å². The van der Waals surface area contributed by atoms with E-state index in [-0.39, 0.29) is 5.91 Å². The van der Waals surface area contributed by atoms with E-state index in [4.69, 9.17) is 0 Å². The van der Waals surface area contributed by atoms with Crippen molar-refractivity contribution in [1.29, 1.82) is 0 Å². The average Bonchev–Trinajstić information content (AvgIpc) is 2.47. The van der Waals surface area contributed by atoms with Crippen molar-refractivity contribution in [1.82, 2.24) is 10.2 Å². The van der Waals surface area contributed by atoms with Gasteiger partial charge in [0.1, 0.15) is 0 Å². The van der Waals surface area contributed by atoms with E-state index in [0.29, 0.717) is 18.3 Å². The molecule has 1 amide bonds. The number of hydrogen-bond acceptors (Lipinski definition) is 2. The van der Waals surface area contributed by atoms with Gasteiger partial charge in [-0.1, -0.05) is 45.0 Å². The number of rotatable bonds is 9. The van der Waals surface area contributed by atoms with Gasteiger partial charge in [0.25, 0.3) is 0 Å². The molecule has 3 heteroatoms. The number of benzene rings is 1. The van der Waals surface area contributed by atoms with Crippen LogP contribution in [0.5, 0.6) is 0 Å². The fourth-order valence-corrected chi connectivity index (χ4v) is 2.56. The summed E-state index contributed by atoms with van der Waals surface area (Å²) in [4.78, 5) is 13.7. The Morgan fingerprint density at radius 1 is 1.18 bits per heavy atom. The number of nitrogens with zero attached hydrogens (tertiary/aromatic N) is 1. The second-order valence-electron chi connectivity index (χ2n) is 6.79. The molecule has 0 unspecified atom stereocenters. The Hall–Kier alpha value is -1.35. The van der Waals surface area contributed by atoms with E-state index in [2.05, 4.69) is 62.4 Å². The van der Waals surface area contributed by atoms with E-state index in [0.717, 1.165) is 25.9 Å². The van der Waals surface area contributed by atoms with E-state index in [1.165, 1.54) is 11.1 Å². The van der Waals surface area contributed by atoms with Gasteiger partial charge in [-0.15, -0.1) is 0 Å². The number of nitrogens with one attached hydrogen (secondary N) is 1. The van der Waals surface area contributed by atoms with Crippen LogP contribution >= 0.6 is 0 Å². The largest absolute Gasteiger partial charge is 0.356 e. The Kier molecular flexibility index (Phi) is 8.18. The molecule has 124 valence electrons. The summed E-state index contributed by atoms with van der Waals surface area (Å²) in [6, 6.07) is 8.94. The first kappa shape index (κ1) is 18.7. The summed E-state index contributed by atoms with van der Waals surface area (Å²) < 4.78 is 0. The first-order valence-electron chi connectivity index (χ1n) is 8.42. The molecule has 3 nitrogen and oxygen atoms in total. The molecule has 0 saturated heterocycles. The van der Waals surface area contributed by atoms with Gasteiger partial charge < -0.3 is 10.2 Å². The molecule has 0 aliphatic rings. The standard InChI is InChI=1S/C19H32N2O/c1-6-19(22)20-14-18(11-12-21(4)5)17-9-7-16(8-10-17)13-15(2)3/h7-10,15,18H,6,11-14H2,1-5H3,(H,20,22)/t18-/m0/s1. The van der Waals surface area contributed by atoms with Crippen LogP contribution in [0.15, 0.2) is 24.3 Å². The van der Waals surface area contributed by atoms with Gasteiger partial charge >= 0.3 is 0 Å². The third-order valence-electron chi connectivity index (χ3n) is 3.89. The highest BCUT2D eigenvalue weighted by Crippen LogP contribution is 2.21. The maximum atomic E-state index is 11.5. The quantitative estimate of drug-likeness (QED) is 0.758. The highest BCUT2D eigenvalue weighted by molar-refractivity contribution is 5.75. The predicted molar refractivity (Wildman–Crippen MR) is 94.2 cm³/mol. The van der Waals surface area contributed by atoms with Crippen LogP contribution in [-0.2, 0) is 11.2 Å². The molecule has 0 heterocycles. The van der Waals surface area contributed by atoms with Crippen molar-refractivity contribution in [2.24, 2.45) is 5.92 Å². The smallest absolute Gasteiger partial charge is 0.219 e. The van der Waals surface area contributed by atoms with Gasteiger partial charge in [0.05, 0.1) is 0 Å². The Labute approximate surface area is 136 Å². The van der Waals surface area contributed by atoms with Crippen molar-refractivity contribution in [2.75, 3.05) is 27.2 Å². The van der Waals surface area contributed by atoms with Crippen molar-refractivity contribution in [3.63, 3.8) is 0 Å². The highest BCUT2D eigenvalue weighted by Gasteiger charge is 2.13. The summed E-state index contributed by atoms with van der Waals surface area (Å²) in [5.74, 6) is 1.19. The Balaban J connectivity index is 2.73. The van der Waals surface area contributed by atoms with Gasteiger partial charge in [-0.25, -0.2) is 0 Å². The number of carbonyl (C=O) groups excluding carboxylic acids is 1. The monoisotopic (exact) mass is 304 g/mol. The molecule has 0 fully saturated rings. The molecule has 0 aromatic heterocycles. The van der Waals surface area contributed by atoms with Crippen LogP contribution in [0.1, 0.15) is 50.7 Å². The van der Waals surface area contributed by atoms with Gasteiger partial charge in [0, 0.05) is 18.9 Å². The maximum absolute atomic E-state index is 11.5. The summed E-state index contributed by atoms with van der Waals surface area (Å²) in [5, 5.41) is 3.04. The fourth-order valence-electron chi connectivity index (χ4n) is 2.56. The lowest BCUT2D eigenvalue weighted by molar-refractivity contribution is -0.120. The van der Waals surface area contributed by atoms with Crippen LogP contribution < -0.4 is 5.32 Å². The van der Waals surface area contributed by atoms with Crippen LogP contribution in [0.4, 0.5) is 0 Å². The van der Waals surface area contributed by atoms with Crippen molar-refractivity contribution in [3.8, 4) is 0 Å². The van der Waals surface area contributed by atoms with Crippen LogP contribution in [0.2, 0.25) is 0 Å². The van der Waals surface area contributed by atoms with Gasteiger partial charge in [-0.3, -0.25) is 4.79 Å². The molecule has 0 radical (unpaired) electrons.